The van der Waals surface area contributed by atoms with Gasteiger partial charge in [-0.2, -0.15) is 4.37 Å². The standard InChI is InChI=1S/C9H10N2S/c1-3-7-4-8-9(10-5-7)6(2)11-12-8/h4-5H,3H2,1-2H3. The summed E-state index contributed by atoms with van der Waals surface area (Å²) in [5, 5.41) is 0. The lowest BCUT2D eigenvalue weighted by Gasteiger charge is -1.94. The summed E-state index contributed by atoms with van der Waals surface area (Å²) in [6.07, 6.45) is 2.98. The maximum Gasteiger partial charge on any atom is 0.104 e. The molecule has 62 valence electrons. The summed E-state index contributed by atoms with van der Waals surface area (Å²) in [7, 11) is 0. The molecule has 2 aromatic rings. The van der Waals surface area contributed by atoms with Crippen molar-refractivity contribution >= 4 is 21.7 Å². The Morgan fingerprint density at radius 1 is 1.50 bits per heavy atom. The molecule has 0 aromatic carbocycles. The maximum atomic E-state index is 4.36. The lowest BCUT2D eigenvalue weighted by molar-refractivity contribution is 1.12. The van der Waals surface area contributed by atoms with Gasteiger partial charge in [0.2, 0.25) is 0 Å². The molecule has 0 amide bonds. The van der Waals surface area contributed by atoms with Crippen LogP contribution in [-0.4, -0.2) is 9.36 Å². The minimum absolute atomic E-state index is 1.04. The molecule has 0 spiro atoms. The summed E-state index contributed by atoms with van der Waals surface area (Å²) in [6, 6.07) is 2.17. The van der Waals surface area contributed by atoms with Gasteiger partial charge in [0.1, 0.15) is 5.52 Å². The van der Waals surface area contributed by atoms with Crippen molar-refractivity contribution in [3.63, 3.8) is 0 Å². The molecule has 0 N–H and O–H groups in total. The molecule has 2 heterocycles. The highest BCUT2D eigenvalue weighted by molar-refractivity contribution is 7.13. The van der Waals surface area contributed by atoms with Gasteiger partial charge in [-0.1, -0.05) is 6.92 Å². The number of rotatable bonds is 1. The number of nitrogens with zero attached hydrogens (tertiary/aromatic N) is 2. The van der Waals surface area contributed by atoms with Crippen LogP contribution in [0.25, 0.3) is 10.2 Å². The van der Waals surface area contributed by atoms with E-state index in [1.54, 1.807) is 0 Å². The molecular formula is C9H10N2S. The highest BCUT2D eigenvalue weighted by Gasteiger charge is 2.02. The highest BCUT2D eigenvalue weighted by atomic mass is 32.1. The van der Waals surface area contributed by atoms with Crippen LogP contribution >= 0.6 is 11.5 Å². The molecule has 0 atom stereocenters. The monoisotopic (exact) mass is 178 g/mol. The van der Waals surface area contributed by atoms with Crippen LogP contribution in [0, 0.1) is 6.92 Å². The van der Waals surface area contributed by atoms with Crippen LogP contribution in [-0.2, 0) is 6.42 Å². The third-order valence-electron chi connectivity index (χ3n) is 1.94. The van der Waals surface area contributed by atoms with Crippen molar-refractivity contribution in [2.24, 2.45) is 0 Å². The van der Waals surface area contributed by atoms with Gasteiger partial charge >= 0.3 is 0 Å². The Morgan fingerprint density at radius 3 is 3.08 bits per heavy atom. The fraction of sp³-hybridized carbons (Fsp3) is 0.333. The van der Waals surface area contributed by atoms with Gasteiger partial charge in [-0.05, 0) is 36.5 Å². The van der Waals surface area contributed by atoms with Gasteiger partial charge in [-0.3, -0.25) is 4.98 Å². The molecule has 3 heteroatoms. The van der Waals surface area contributed by atoms with Gasteiger partial charge < -0.3 is 0 Å². The first-order chi connectivity index (χ1) is 5.81. The Morgan fingerprint density at radius 2 is 2.33 bits per heavy atom. The summed E-state index contributed by atoms with van der Waals surface area (Å²) < 4.78 is 5.45. The lowest BCUT2D eigenvalue weighted by Crippen LogP contribution is -1.82. The minimum atomic E-state index is 1.04. The second kappa shape index (κ2) is 2.83. The number of hydrogen-bond donors (Lipinski definition) is 0. The molecule has 0 radical (unpaired) electrons. The van der Waals surface area contributed by atoms with E-state index in [1.807, 2.05) is 13.1 Å². The first-order valence-corrected chi connectivity index (χ1v) is 4.79. The van der Waals surface area contributed by atoms with Crippen molar-refractivity contribution in [3.05, 3.63) is 23.5 Å². The molecule has 0 saturated carbocycles. The van der Waals surface area contributed by atoms with Crippen molar-refractivity contribution in [2.75, 3.05) is 0 Å². The van der Waals surface area contributed by atoms with E-state index < -0.39 is 0 Å². The summed E-state index contributed by atoms with van der Waals surface area (Å²) in [4.78, 5) is 4.36. The molecule has 0 saturated heterocycles. The molecule has 0 aliphatic rings. The lowest BCUT2D eigenvalue weighted by atomic mass is 10.2. The Hall–Kier alpha value is -0.960. The zero-order valence-electron chi connectivity index (χ0n) is 7.16. The van der Waals surface area contributed by atoms with Crippen LogP contribution in [0.3, 0.4) is 0 Å². The molecule has 2 aromatic heterocycles. The normalized spacial score (nSPS) is 10.8. The van der Waals surface area contributed by atoms with Gasteiger partial charge in [0.25, 0.3) is 0 Å². The topological polar surface area (TPSA) is 25.8 Å². The van der Waals surface area contributed by atoms with Gasteiger partial charge in [-0.25, -0.2) is 0 Å². The largest absolute Gasteiger partial charge is 0.253 e. The van der Waals surface area contributed by atoms with Crippen molar-refractivity contribution in [1.82, 2.24) is 9.36 Å². The van der Waals surface area contributed by atoms with Crippen molar-refractivity contribution in [1.29, 1.82) is 0 Å². The molecule has 0 fully saturated rings. The van der Waals surface area contributed by atoms with Crippen LogP contribution in [0.4, 0.5) is 0 Å². The summed E-state index contributed by atoms with van der Waals surface area (Å²) in [6.45, 7) is 4.13. The van der Waals surface area contributed by atoms with E-state index in [0.29, 0.717) is 0 Å². The van der Waals surface area contributed by atoms with E-state index in [2.05, 4.69) is 22.3 Å². The van der Waals surface area contributed by atoms with Crippen LogP contribution in [0.2, 0.25) is 0 Å². The number of pyridine rings is 1. The van der Waals surface area contributed by atoms with Crippen LogP contribution < -0.4 is 0 Å². The first kappa shape index (κ1) is 7.68. The molecule has 2 rings (SSSR count). The second-order valence-corrected chi connectivity index (χ2v) is 3.62. The fourth-order valence-corrected chi connectivity index (χ4v) is 1.99. The average Bonchev–Trinajstić information content (AvgIpc) is 2.47. The van der Waals surface area contributed by atoms with E-state index in [9.17, 15) is 0 Å². The van der Waals surface area contributed by atoms with Crippen LogP contribution in [0.5, 0.6) is 0 Å². The quantitative estimate of drug-likeness (QED) is 0.670. The summed E-state index contributed by atoms with van der Waals surface area (Å²) in [5.41, 5.74) is 3.38. The van der Waals surface area contributed by atoms with E-state index in [-0.39, 0.29) is 0 Å². The minimum Gasteiger partial charge on any atom is -0.253 e. The van der Waals surface area contributed by atoms with Gasteiger partial charge in [-0.15, -0.1) is 0 Å². The van der Waals surface area contributed by atoms with Gasteiger partial charge in [0.15, 0.2) is 0 Å². The number of hydrogen-bond acceptors (Lipinski definition) is 3. The summed E-state index contributed by atoms with van der Waals surface area (Å²) >= 11 is 1.53. The van der Waals surface area contributed by atoms with E-state index in [1.165, 1.54) is 21.8 Å². The predicted molar refractivity (Wildman–Crippen MR) is 51.5 cm³/mol. The Kier molecular flexibility index (Phi) is 1.81. The van der Waals surface area contributed by atoms with Crippen molar-refractivity contribution < 1.29 is 0 Å². The van der Waals surface area contributed by atoms with Crippen molar-refractivity contribution in [2.45, 2.75) is 20.3 Å². The molecule has 2 nitrogen and oxygen atoms in total. The van der Waals surface area contributed by atoms with Gasteiger partial charge in [0, 0.05) is 6.20 Å². The Bertz CT molecular complexity index is 406. The van der Waals surface area contributed by atoms with Crippen LogP contribution in [0.15, 0.2) is 12.3 Å². The Balaban J connectivity index is 2.69. The highest BCUT2D eigenvalue weighted by Crippen LogP contribution is 2.20. The Labute approximate surface area is 75.4 Å². The predicted octanol–water partition coefficient (Wildman–Crippen LogP) is 2.56. The third kappa shape index (κ3) is 1.10. The molecule has 0 aliphatic heterocycles. The zero-order chi connectivity index (χ0) is 8.55. The molecule has 0 aliphatic carbocycles. The van der Waals surface area contributed by atoms with Crippen LogP contribution in [0.1, 0.15) is 18.2 Å². The van der Waals surface area contributed by atoms with Crippen molar-refractivity contribution in [3.8, 4) is 0 Å². The molecule has 12 heavy (non-hydrogen) atoms. The summed E-state index contributed by atoms with van der Waals surface area (Å²) in [5.74, 6) is 0. The third-order valence-corrected chi connectivity index (χ3v) is 2.81. The second-order valence-electron chi connectivity index (χ2n) is 2.81. The smallest absolute Gasteiger partial charge is 0.104 e. The number of aromatic nitrogens is 2. The zero-order valence-corrected chi connectivity index (χ0v) is 7.98. The molecular weight excluding hydrogens is 168 g/mol. The number of fused-ring (bicyclic) bond motifs is 1. The number of aryl methyl sites for hydroxylation is 2. The van der Waals surface area contributed by atoms with Gasteiger partial charge in [0.05, 0.1) is 10.4 Å². The SMILES string of the molecule is CCc1cnc2c(C)nsc2c1. The van der Waals surface area contributed by atoms with E-state index in [0.717, 1.165) is 17.6 Å². The first-order valence-electron chi connectivity index (χ1n) is 4.02. The van der Waals surface area contributed by atoms with E-state index in [4.69, 9.17) is 0 Å². The molecule has 0 bridgehead atoms. The fourth-order valence-electron chi connectivity index (χ4n) is 1.18. The maximum absolute atomic E-state index is 4.36. The molecule has 0 unspecified atom stereocenters. The van der Waals surface area contributed by atoms with E-state index >= 15 is 0 Å². The average molecular weight is 178 g/mol.